The number of hydrogen-bond acceptors (Lipinski definition) is 3. The Balaban J connectivity index is 2.57. The van der Waals surface area contributed by atoms with Crippen molar-refractivity contribution >= 4 is 23.2 Å². The van der Waals surface area contributed by atoms with Gasteiger partial charge in [0.25, 0.3) is 0 Å². The Morgan fingerprint density at radius 3 is 2.38 bits per heavy atom. The van der Waals surface area contributed by atoms with Crippen LogP contribution in [0.5, 0.6) is 0 Å². The Morgan fingerprint density at radius 1 is 1.12 bits per heavy atom. The normalized spacial score (nSPS) is 16.8. The van der Waals surface area contributed by atoms with Gasteiger partial charge in [-0.05, 0) is 18.2 Å². The average molecular weight is 236 g/mol. The number of carbonyl (C=O) groups excluding carboxylic acids is 2. The number of nitrogens with zero attached hydrogens (tertiary/aromatic N) is 1. The molecule has 0 aliphatic heterocycles. The molecule has 0 radical (unpaired) electrons. The maximum absolute atomic E-state index is 11.9. The quantitative estimate of drug-likeness (QED) is 0.553. The standard InChI is InChI=1S/C12H10ClNO2/c1-14(2)6-10-11(15)8-4-3-7(13)5-9(8)12(10)16/h3-6H,1-2H3/b10-6-. The van der Waals surface area contributed by atoms with Gasteiger partial charge >= 0.3 is 0 Å². The third-order valence-corrected chi connectivity index (χ3v) is 2.58. The van der Waals surface area contributed by atoms with Crippen LogP contribution in [0, 0.1) is 0 Å². The molecule has 0 amide bonds. The van der Waals surface area contributed by atoms with Gasteiger partial charge in [0, 0.05) is 36.4 Å². The van der Waals surface area contributed by atoms with E-state index in [1.54, 1.807) is 37.3 Å². The molecule has 82 valence electrons. The van der Waals surface area contributed by atoms with Gasteiger partial charge in [-0.25, -0.2) is 0 Å². The van der Waals surface area contributed by atoms with Crippen molar-refractivity contribution in [2.75, 3.05) is 14.1 Å². The van der Waals surface area contributed by atoms with E-state index in [2.05, 4.69) is 0 Å². The van der Waals surface area contributed by atoms with Crippen molar-refractivity contribution in [3.05, 3.63) is 46.1 Å². The number of benzene rings is 1. The Kier molecular flexibility index (Phi) is 2.56. The van der Waals surface area contributed by atoms with Crippen LogP contribution in [-0.4, -0.2) is 30.6 Å². The zero-order chi connectivity index (χ0) is 11.9. The molecular weight excluding hydrogens is 226 g/mol. The van der Waals surface area contributed by atoms with E-state index in [4.69, 9.17) is 11.6 Å². The van der Waals surface area contributed by atoms with Gasteiger partial charge in [-0.2, -0.15) is 0 Å². The van der Waals surface area contributed by atoms with E-state index >= 15 is 0 Å². The largest absolute Gasteiger partial charge is 0.383 e. The summed E-state index contributed by atoms with van der Waals surface area (Å²) in [5, 5.41) is 0.464. The Labute approximate surface area is 98.3 Å². The van der Waals surface area contributed by atoms with Gasteiger partial charge < -0.3 is 4.90 Å². The van der Waals surface area contributed by atoms with E-state index in [1.807, 2.05) is 0 Å². The second kappa shape index (κ2) is 3.76. The zero-order valence-corrected chi connectivity index (χ0v) is 9.71. The first-order valence-electron chi connectivity index (χ1n) is 4.78. The number of fused-ring (bicyclic) bond motifs is 1. The molecule has 1 aromatic carbocycles. The third-order valence-electron chi connectivity index (χ3n) is 2.35. The molecule has 1 aliphatic rings. The topological polar surface area (TPSA) is 37.4 Å². The van der Waals surface area contributed by atoms with E-state index in [1.165, 1.54) is 6.07 Å². The lowest BCUT2D eigenvalue weighted by Crippen LogP contribution is -2.09. The van der Waals surface area contributed by atoms with Crippen molar-refractivity contribution in [2.45, 2.75) is 0 Å². The van der Waals surface area contributed by atoms with Crippen LogP contribution in [0.2, 0.25) is 5.02 Å². The molecule has 0 atom stereocenters. The number of Topliss-reactive ketones (excluding diaryl/α,β-unsaturated/α-hetero) is 2. The molecule has 0 bridgehead atoms. The fourth-order valence-electron chi connectivity index (χ4n) is 1.67. The Bertz CT molecular complexity index is 518. The van der Waals surface area contributed by atoms with Gasteiger partial charge in [0.2, 0.25) is 0 Å². The highest BCUT2D eigenvalue weighted by atomic mass is 35.5. The molecule has 16 heavy (non-hydrogen) atoms. The van der Waals surface area contributed by atoms with Crippen molar-refractivity contribution in [1.82, 2.24) is 4.90 Å². The van der Waals surface area contributed by atoms with Crippen LogP contribution in [0.4, 0.5) is 0 Å². The lowest BCUT2D eigenvalue weighted by atomic mass is 10.1. The first kappa shape index (κ1) is 10.9. The van der Waals surface area contributed by atoms with Crippen LogP contribution >= 0.6 is 11.6 Å². The summed E-state index contributed by atoms with van der Waals surface area (Å²) in [4.78, 5) is 25.5. The van der Waals surface area contributed by atoms with Gasteiger partial charge in [-0.3, -0.25) is 9.59 Å². The molecule has 0 heterocycles. The summed E-state index contributed by atoms with van der Waals surface area (Å²) in [7, 11) is 3.53. The summed E-state index contributed by atoms with van der Waals surface area (Å²) in [6.07, 6.45) is 1.54. The lowest BCUT2D eigenvalue weighted by molar-refractivity contribution is 0.0986. The fraction of sp³-hybridized carbons (Fsp3) is 0.167. The molecule has 1 aliphatic carbocycles. The van der Waals surface area contributed by atoms with Crippen molar-refractivity contribution in [3.63, 3.8) is 0 Å². The number of halogens is 1. The number of ketones is 2. The highest BCUT2D eigenvalue weighted by Gasteiger charge is 2.33. The molecule has 0 N–H and O–H groups in total. The third kappa shape index (κ3) is 1.63. The summed E-state index contributed by atoms with van der Waals surface area (Å²) in [5.74, 6) is -0.485. The lowest BCUT2D eigenvalue weighted by Gasteiger charge is -2.04. The number of allylic oxidation sites excluding steroid dienone is 1. The van der Waals surface area contributed by atoms with E-state index in [-0.39, 0.29) is 17.1 Å². The average Bonchev–Trinajstić information content (AvgIpc) is 2.43. The summed E-state index contributed by atoms with van der Waals surface area (Å²) in [5.41, 5.74) is 1.02. The summed E-state index contributed by atoms with van der Waals surface area (Å²) in [6, 6.07) is 4.74. The van der Waals surface area contributed by atoms with Gasteiger partial charge in [-0.1, -0.05) is 11.6 Å². The van der Waals surface area contributed by atoms with Gasteiger partial charge in [0.15, 0.2) is 11.6 Å². The second-order valence-electron chi connectivity index (χ2n) is 3.85. The summed E-state index contributed by atoms with van der Waals surface area (Å²) >= 11 is 5.80. The maximum atomic E-state index is 11.9. The fourth-order valence-corrected chi connectivity index (χ4v) is 1.84. The Hall–Kier alpha value is -1.61. The van der Waals surface area contributed by atoms with Crippen LogP contribution in [-0.2, 0) is 0 Å². The molecular formula is C12H10ClNO2. The van der Waals surface area contributed by atoms with E-state index < -0.39 is 0 Å². The van der Waals surface area contributed by atoms with Crippen LogP contribution in [0.15, 0.2) is 30.0 Å². The first-order valence-corrected chi connectivity index (χ1v) is 5.15. The van der Waals surface area contributed by atoms with E-state index in [0.717, 1.165) is 0 Å². The van der Waals surface area contributed by atoms with Gasteiger partial charge in [0.1, 0.15) is 0 Å². The molecule has 0 saturated heterocycles. The van der Waals surface area contributed by atoms with Gasteiger partial charge in [0.05, 0.1) is 5.57 Å². The monoisotopic (exact) mass is 235 g/mol. The second-order valence-corrected chi connectivity index (χ2v) is 4.29. The molecule has 2 rings (SSSR count). The molecule has 0 spiro atoms. The summed E-state index contributed by atoms with van der Waals surface area (Å²) < 4.78 is 0. The van der Waals surface area contributed by atoms with E-state index in [0.29, 0.717) is 16.1 Å². The SMILES string of the molecule is CN(C)/C=C1/C(=O)c2ccc(Cl)cc2C1=O. The van der Waals surface area contributed by atoms with E-state index in [9.17, 15) is 9.59 Å². The van der Waals surface area contributed by atoms with Crippen molar-refractivity contribution in [1.29, 1.82) is 0 Å². The predicted octanol–water partition coefficient (Wildman–Crippen LogP) is 2.16. The highest BCUT2D eigenvalue weighted by Crippen LogP contribution is 2.28. The van der Waals surface area contributed by atoms with Crippen LogP contribution in [0.25, 0.3) is 0 Å². The smallest absolute Gasteiger partial charge is 0.199 e. The molecule has 1 aromatic rings. The minimum atomic E-state index is -0.254. The molecule has 0 aromatic heterocycles. The summed E-state index contributed by atoms with van der Waals surface area (Å²) in [6.45, 7) is 0. The molecule has 0 fully saturated rings. The Morgan fingerprint density at radius 2 is 1.75 bits per heavy atom. The molecule has 0 unspecified atom stereocenters. The highest BCUT2D eigenvalue weighted by molar-refractivity contribution is 6.40. The number of carbonyl (C=O) groups is 2. The van der Waals surface area contributed by atoms with Crippen molar-refractivity contribution < 1.29 is 9.59 Å². The maximum Gasteiger partial charge on any atom is 0.199 e. The minimum Gasteiger partial charge on any atom is -0.383 e. The van der Waals surface area contributed by atoms with Crippen molar-refractivity contribution in [2.24, 2.45) is 0 Å². The zero-order valence-electron chi connectivity index (χ0n) is 8.95. The van der Waals surface area contributed by atoms with Crippen molar-refractivity contribution in [3.8, 4) is 0 Å². The minimum absolute atomic E-state index is 0.197. The van der Waals surface area contributed by atoms with Crippen LogP contribution in [0.3, 0.4) is 0 Å². The number of hydrogen-bond donors (Lipinski definition) is 0. The van der Waals surface area contributed by atoms with Gasteiger partial charge in [-0.15, -0.1) is 0 Å². The van der Waals surface area contributed by atoms with Crippen LogP contribution < -0.4 is 0 Å². The predicted molar refractivity (Wildman–Crippen MR) is 61.9 cm³/mol. The molecule has 0 saturated carbocycles. The molecule has 3 nitrogen and oxygen atoms in total. The number of rotatable bonds is 1. The molecule has 4 heteroatoms. The van der Waals surface area contributed by atoms with Crippen LogP contribution in [0.1, 0.15) is 20.7 Å². The first-order chi connectivity index (χ1) is 7.50.